The van der Waals surface area contributed by atoms with Crippen molar-refractivity contribution in [1.29, 1.82) is 0 Å². The normalized spacial score (nSPS) is 13.4. The molecule has 134 valence electrons. The first-order valence-corrected chi connectivity index (χ1v) is 10.0. The van der Waals surface area contributed by atoms with Crippen LogP contribution in [0.5, 0.6) is 0 Å². The second-order valence-electron chi connectivity index (χ2n) is 6.51. The predicted octanol–water partition coefficient (Wildman–Crippen LogP) is 4.48. The van der Waals surface area contributed by atoms with E-state index in [1.54, 1.807) is 0 Å². The van der Waals surface area contributed by atoms with Gasteiger partial charge in [0.2, 0.25) is 0 Å². The van der Waals surface area contributed by atoms with E-state index in [1.807, 2.05) is 73.7 Å². The molecule has 3 rings (SSSR count). The van der Waals surface area contributed by atoms with Crippen LogP contribution in [0.4, 0.5) is 0 Å². The van der Waals surface area contributed by atoms with E-state index >= 15 is 0 Å². The third-order valence-electron chi connectivity index (χ3n) is 4.59. The highest BCUT2D eigenvalue weighted by molar-refractivity contribution is 7.85. The van der Waals surface area contributed by atoms with Crippen molar-refractivity contribution < 1.29 is 14.1 Å². The van der Waals surface area contributed by atoms with Crippen molar-refractivity contribution in [3.8, 4) is 0 Å². The molecule has 3 aromatic carbocycles. The van der Waals surface area contributed by atoms with Crippen molar-refractivity contribution >= 4 is 27.5 Å². The molecule has 0 saturated heterocycles. The second-order valence-corrected chi connectivity index (χ2v) is 8.13. The molecule has 0 aromatic heterocycles. The van der Waals surface area contributed by atoms with Gasteiger partial charge in [0.15, 0.2) is 0 Å². The number of benzene rings is 3. The number of rotatable bonds is 7. The molecule has 0 fully saturated rings. The minimum Gasteiger partial charge on any atom is -0.480 e. The van der Waals surface area contributed by atoms with Gasteiger partial charge in [0.1, 0.15) is 5.25 Å². The van der Waals surface area contributed by atoms with Gasteiger partial charge in [0.25, 0.3) is 0 Å². The number of fused-ring (bicyclic) bond motifs is 1. The van der Waals surface area contributed by atoms with E-state index in [0.29, 0.717) is 12.8 Å². The van der Waals surface area contributed by atoms with Gasteiger partial charge in [-0.3, -0.25) is 9.00 Å². The highest BCUT2D eigenvalue weighted by Gasteiger charge is 2.25. The Morgan fingerprint density at radius 2 is 1.69 bits per heavy atom. The fourth-order valence-corrected chi connectivity index (χ4v) is 4.46. The quantitative estimate of drug-likeness (QED) is 0.671. The molecule has 1 N–H and O–H groups in total. The number of carbonyl (C=O) groups is 1. The van der Waals surface area contributed by atoms with E-state index in [-0.39, 0.29) is 5.75 Å². The molecular weight excluding hydrogens is 344 g/mol. The third-order valence-corrected chi connectivity index (χ3v) is 6.25. The van der Waals surface area contributed by atoms with Gasteiger partial charge in [-0.2, -0.15) is 0 Å². The molecule has 2 atom stereocenters. The van der Waals surface area contributed by atoms with Gasteiger partial charge >= 0.3 is 5.97 Å². The van der Waals surface area contributed by atoms with Gasteiger partial charge in [-0.1, -0.05) is 72.3 Å². The Labute approximate surface area is 156 Å². The van der Waals surface area contributed by atoms with Crippen LogP contribution < -0.4 is 0 Å². The molecule has 3 aromatic rings. The molecule has 0 heterocycles. The van der Waals surface area contributed by atoms with Crippen molar-refractivity contribution in [2.75, 3.05) is 0 Å². The summed E-state index contributed by atoms with van der Waals surface area (Å²) < 4.78 is 12.8. The SMILES string of the molecule is Cc1ccc(CCC(C(=O)O)S(=O)Cc2cccc3ccccc23)cc1. The number of hydrogen-bond donors (Lipinski definition) is 1. The largest absolute Gasteiger partial charge is 0.480 e. The summed E-state index contributed by atoms with van der Waals surface area (Å²) in [4.78, 5) is 11.7. The number of carboxylic acid groups (broad SMARTS) is 1. The Bertz CT molecular complexity index is 926. The molecule has 0 aliphatic carbocycles. The first kappa shape index (κ1) is 18.3. The van der Waals surface area contributed by atoms with Crippen LogP contribution in [-0.2, 0) is 27.8 Å². The topological polar surface area (TPSA) is 54.4 Å². The fraction of sp³-hybridized carbons (Fsp3) is 0.227. The zero-order valence-electron chi connectivity index (χ0n) is 14.7. The summed E-state index contributed by atoms with van der Waals surface area (Å²) in [6, 6.07) is 21.8. The van der Waals surface area contributed by atoms with Crippen LogP contribution in [-0.4, -0.2) is 20.5 Å². The van der Waals surface area contributed by atoms with Gasteiger partial charge < -0.3 is 5.11 Å². The predicted molar refractivity (Wildman–Crippen MR) is 107 cm³/mol. The van der Waals surface area contributed by atoms with Crippen LogP contribution in [0.3, 0.4) is 0 Å². The van der Waals surface area contributed by atoms with E-state index in [0.717, 1.165) is 21.9 Å². The molecule has 0 bridgehead atoms. The number of aliphatic carboxylic acids is 1. The van der Waals surface area contributed by atoms with Crippen LogP contribution in [0, 0.1) is 6.92 Å². The third kappa shape index (κ3) is 4.38. The molecule has 0 amide bonds. The first-order valence-electron chi connectivity index (χ1n) is 8.67. The molecule has 4 heteroatoms. The Morgan fingerprint density at radius 1 is 1.00 bits per heavy atom. The number of hydrogen-bond acceptors (Lipinski definition) is 2. The second kappa shape index (κ2) is 8.28. The zero-order valence-corrected chi connectivity index (χ0v) is 15.5. The van der Waals surface area contributed by atoms with Crippen molar-refractivity contribution in [2.45, 2.75) is 30.8 Å². The van der Waals surface area contributed by atoms with Crippen LogP contribution in [0.15, 0.2) is 66.7 Å². The smallest absolute Gasteiger partial charge is 0.319 e. The number of aryl methyl sites for hydroxylation is 2. The van der Waals surface area contributed by atoms with Gasteiger partial charge in [-0.05, 0) is 41.7 Å². The lowest BCUT2D eigenvalue weighted by Crippen LogP contribution is -2.27. The summed E-state index contributed by atoms with van der Waals surface area (Å²) in [5, 5.41) is 10.8. The highest BCUT2D eigenvalue weighted by Crippen LogP contribution is 2.22. The Balaban J connectivity index is 1.74. The van der Waals surface area contributed by atoms with E-state index in [1.165, 1.54) is 5.56 Å². The zero-order chi connectivity index (χ0) is 18.5. The summed E-state index contributed by atoms with van der Waals surface area (Å²) in [5.74, 6) is -0.734. The lowest BCUT2D eigenvalue weighted by Gasteiger charge is -2.14. The monoisotopic (exact) mass is 366 g/mol. The molecular formula is C22H22O3S. The Kier molecular flexibility index (Phi) is 5.84. The van der Waals surface area contributed by atoms with Crippen molar-refractivity contribution in [3.05, 3.63) is 83.4 Å². The van der Waals surface area contributed by atoms with Crippen LogP contribution >= 0.6 is 0 Å². The summed E-state index contributed by atoms with van der Waals surface area (Å²) in [6.45, 7) is 2.02. The van der Waals surface area contributed by atoms with Gasteiger partial charge in [0, 0.05) is 10.8 Å². The molecule has 0 saturated carbocycles. The molecule has 2 unspecified atom stereocenters. The maximum Gasteiger partial charge on any atom is 0.319 e. The van der Waals surface area contributed by atoms with Gasteiger partial charge in [-0.25, -0.2) is 0 Å². The maximum absolute atomic E-state index is 12.8. The van der Waals surface area contributed by atoms with Crippen LogP contribution in [0.25, 0.3) is 10.8 Å². The molecule has 0 spiro atoms. The summed E-state index contributed by atoms with van der Waals surface area (Å²) in [6.07, 6.45) is 0.980. The van der Waals surface area contributed by atoms with E-state index < -0.39 is 22.0 Å². The lowest BCUT2D eigenvalue weighted by atomic mass is 10.1. The summed E-state index contributed by atoms with van der Waals surface area (Å²) in [7, 11) is -1.47. The van der Waals surface area contributed by atoms with Crippen LogP contribution in [0.2, 0.25) is 0 Å². The molecule has 0 radical (unpaired) electrons. The minimum absolute atomic E-state index is 0.256. The fourth-order valence-electron chi connectivity index (χ4n) is 3.09. The minimum atomic E-state index is -1.47. The number of carboxylic acids is 1. The van der Waals surface area contributed by atoms with Crippen molar-refractivity contribution in [1.82, 2.24) is 0 Å². The standard InChI is InChI=1S/C22H22O3S/c1-16-9-11-17(12-10-16)13-14-21(22(23)24)26(25)15-19-7-4-6-18-5-2-3-8-20(18)19/h2-12,21H,13-15H2,1H3,(H,23,24). The maximum atomic E-state index is 12.8. The molecule has 0 aliphatic rings. The first-order chi connectivity index (χ1) is 12.5. The van der Waals surface area contributed by atoms with E-state index in [2.05, 4.69) is 0 Å². The van der Waals surface area contributed by atoms with Crippen molar-refractivity contribution in [3.63, 3.8) is 0 Å². The summed E-state index contributed by atoms with van der Waals surface area (Å²) >= 11 is 0. The average Bonchev–Trinajstić information content (AvgIpc) is 2.63. The highest BCUT2D eigenvalue weighted by atomic mass is 32.2. The summed E-state index contributed by atoms with van der Waals surface area (Å²) in [5.41, 5.74) is 3.18. The van der Waals surface area contributed by atoms with E-state index in [4.69, 9.17) is 0 Å². The Hall–Kier alpha value is -2.46. The van der Waals surface area contributed by atoms with Crippen LogP contribution in [0.1, 0.15) is 23.1 Å². The van der Waals surface area contributed by atoms with E-state index in [9.17, 15) is 14.1 Å². The van der Waals surface area contributed by atoms with Gasteiger partial charge in [-0.15, -0.1) is 0 Å². The Morgan fingerprint density at radius 3 is 2.42 bits per heavy atom. The molecule has 26 heavy (non-hydrogen) atoms. The van der Waals surface area contributed by atoms with Gasteiger partial charge in [0.05, 0.1) is 5.75 Å². The van der Waals surface area contributed by atoms with Crippen molar-refractivity contribution in [2.24, 2.45) is 0 Å². The average molecular weight is 366 g/mol. The molecule has 0 aliphatic heterocycles. The lowest BCUT2D eigenvalue weighted by molar-refractivity contribution is -0.136. The molecule has 3 nitrogen and oxygen atoms in total.